The van der Waals surface area contributed by atoms with Gasteiger partial charge in [0.25, 0.3) is 0 Å². The van der Waals surface area contributed by atoms with Crippen molar-refractivity contribution >= 4 is 17.3 Å². The Bertz CT molecular complexity index is 316. The zero-order valence-electron chi connectivity index (χ0n) is 6.87. The molecule has 0 spiro atoms. The fourth-order valence-electron chi connectivity index (χ4n) is 1.35. The molecule has 1 atom stereocenters. The second kappa shape index (κ2) is 2.79. The van der Waals surface area contributed by atoms with Crippen molar-refractivity contribution in [2.24, 2.45) is 10.7 Å². The largest absolute Gasteiger partial charge is 0.370 e. The highest BCUT2D eigenvalue weighted by Gasteiger charge is 2.19. The van der Waals surface area contributed by atoms with Gasteiger partial charge in [0.2, 0.25) is 0 Å². The van der Waals surface area contributed by atoms with Crippen molar-refractivity contribution in [1.82, 2.24) is 5.32 Å². The van der Waals surface area contributed by atoms with Crippen LogP contribution >= 0.6 is 11.3 Å². The average molecular weight is 181 g/mol. The van der Waals surface area contributed by atoms with Crippen LogP contribution in [0.1, 0.15) is 16.5 Å². The highest BCUT2D eigenvalue weighted by atomic mass is 32.1. The molecule has 0 saturated heterocycles. The zero-order chi connectivity index (χ0) is 8.55. The monoisotopic (exact) mass is 181 g/mol. The van der Waals surface area contributed by atoms with Crippen LogP contribution in [0.25, 0.3) is 0 Å². The van der Waals surface area contributed by atoms with Gasteiger partial charge < -0.3 is 11.1 Å². The van der Waals surface area contributed by atoms with E-state index in [4.69, 9.17) is 5.73 Å². The third kappa shape index (κ3) is 1.18. The summed E-state index contributed by atoms with van der Waals surface area (Å²) < 4.78 is 0. The molecule has 1 unspecified atom stereocenters. The Labute approximate surface area is 75.3 Å². The second-order valence-corrected chi connectivity index (χ2v) is 3.84. The number of nitrogens with one attached hydrogen (secondary N) is 1. The first-order valence-corrected chi connectivity index (χ1v) is 4.76. The molecule has 4 heteroatoms. The van der Waals surface area contributed by atoms with Crippen LogP contribution in [0.4, 0.5) is 0 Å². The van der Waals surface area contributed by atoms with Gasteiger partial charge in [0.15, 0.2) is 5.96 Å². The van der Waals surface area contributed by atoms with Gasteiger partial charge in [-0.1, -0.05) is 0 Å². The van der Waals surface area contributed by atoms with Gasteiger partial charge in [0.1, 0.15) is 0 Å². The summed E-state index contributed by atoms with van der Waals surface area (Å²) in [6.07, 6.45) is 0. The number of aryl methyl sites for hydroxylation is 1. The maximum absolute atomic E-state index is 5.52. The van der Waals surface area contributed by atoms with E-state index in [-0.39, 0.29) is 0 Å². The summed E-state index contributed by atoms with van der Waals surface area (Å²) in [5, 5.41) is 5.23. The van der Waals surface area contributed by atoms with E-state index in [0.717, 1.165) is 6.54 Å². The molecule has 0 amide bonds. The molecular formula is C8H11N3S. The summed E-state index contributed by atoms with van der Waals surface area (Å²) in [5.41, 5.74) is 6.85. The lowest BCUT2D eigenvalue weighted by atomic mass is 10.2. The van der Waals surface area contributed by atoms with Crippen LogP contribution in [0.5, 0.6) is 0 Å². The van der Waals surface area contributed by atoms with Gasteiger partial charge in [-0.15, -0.1) is 11.3 Å². The van der Waals surface area contributed by atoms with E-state index in [1.807, 2.05) is 0 Å². The van der Waals surface area contributed by atoms with Crippen LogP contribution in [-0.4, -0.2) is 12.5 Å². The standard InChI is InChI=1S/C8H11N3S/c1-5-2-3-12-7(5)6-4-10-8(9)11-6/h2-3,6H,4H2,1H3,(H3,9,10,11). The SMILES string of the molecule is Cc1ccsc1C1CN=C(N)N1. The number of hydrogen-bond acceptors (Lipinski definition) is 4. The van der Waals surface area contributed by atoms with E-state index < -0.39 is 0 Å². The minimum absolute atomic E-state index is 0.310. The van der Waals surface area contributed by atoms with Crippen molar-refractivity contribution in [3.8, 4) is 0 Å². The summed E-state index contributed by atoms with van der Waals surface area (Å²) in [5.74, 6) is 0.563. The van der Waals surface area contributed by atoms with Crippen LogP contribution in [-0.2, 0) is 0 Å². The Morgan fingerprint density at radius 1 is 1.75 bits per heavy atom. The molecule has 0 aliphatic carbocycles. The summed E-state index contributed by atoms with van der Waals surface area (Å²) in [6, 6.07) is 2.43. The number of aliphatic imine (C=N–C) groups is 1. The Balaban J connectivity index is 2.18. The number of hydrogen-bond donors (Lipinski definition) is 2. The van der Waals surface area contributed by atoms with E-state index in [9.17, 15) is 0 Å². The number of thiophene rings is 1. The highest BCUT2D eigenvalue weighted by Crippen LogP contribution is 2.25. The fourth-order valence-corrected chi connectivity index (χ4v) is 2.32. The van der Waals surface area contributed by atoms with Crippen LogP contribution in [0, 0.1) is 6.92 Å². The van der Waals surface area contributed by atoms with Crippen molar-refractivity contribution in [1.29, 1.82) is 0 Å². The first kappa shape index (κ1) is 7.61. The lowest BCUT2D eigenvalue weighted by Gasteiger charge is -2.08. The molecule has 1 aliphatic heterocycles. The normalized spacial score (nSPS) is 22.1. The van der Waals surface area contributed by atoms with Crippen molar-refractivity contribution in [2.75, 3.05) is 6.54 Å². The van der Waals surface area contributed by atoms with Crippen molar-refractivity contribution < 1.29 is 0 Å². The van der Waals surface area contributed by atoms with Crippen molar-refractivity contribution in [3.05, 3.63) is 21.9 Å². The van der Waals surface area contributed by atoms with E-state index in [1.165, 1.54) is 10.4 Å². The van der Waals surface area contributed by atoms with Gasteiger partial charge in [-0.05, 0) is 23.9 Å². The third-order valence-corrected chi connectivity index (χ3v) is 3.12. The molecule has 0 fully saturated rings. The minimum Gasteiger partial charge on any atom is -0.370 e. The van der Waals surface area contributed by atoms with Crippen molar-refractivity contribution in [2.45, 2.75) is 13.0 Å². The number of rotatable bonds is 1. The molecule has 1 aromatic heterocycles. The Hall–Kier alpha value is -1.03. The molecule has 64 valence electrons. The molecular weight excluding hydrogens is 170 g/mol. The maximum atomic E-state index is 5.52. The first-order chi connectivity index (χ1) is 5.77. The maximum Gasteiger partial charge on any atom is 0.189 e. The molecule has 3 nitrogen and oxygen atoms in total. The van der Waals surface area contributed by atoms with Crippen LogP contribution < -0.4 is 11.1 Å². The molecule has 12 heavy (non-hydrogen) atoms. The second-order valence-electron chi connectivity index (χ2n) is 2.89. The van der Waals surface area contributed by atoms with E-state index in [0.29, 0.717) is 12.0 Å². The molecule has 1 aliphatic rings. The molecule has 3 N–H and O–H groups in total. The summed E-state index contributed by atoms with van der Waals surface area (Å²) >= 11 is 1.76. The van der Waals surface area contributed by atoms with E-state index in [2.05, 4.69) is 28.7 Å². The fraction of sp³-hybridized carbons (Fsp3) is 0.375. The Morgan fingerprint density at radius 2 is 2.58 bits per heavy atom. The zero-order valence-corrected chi connectivity index (χ0v) is 7.69. The Kier molecular flexibility index (Phi) is 1.77. The molecule has 0 aromatic carbocycles. The lowest BCUT2D eigenvalue weighted by molar-refractivity contribution is 0.717. The van der Waals surface area contributed by atoms with Gasteiger partial charge in [-0.2, -0.15) is 0 Å². The van der Waals surface area contributed by atoms with Crippen LogP contribution in [0.2, 0.25) is 0 Å². The summed E-state index contributed by atoms with van der Waals surface area (Å²) in [4.78, 5) is 5.45. The average Bonchev–Trinajstić information content (AvgIpc) is 2.58. The predicted octanol–water partition coefficient (Wildman–Crippen LogP) is 1.02. The van der Waals surface area contributed by atoms with E-state index in [1.54, 1.807) is 11.3 Å². The molecule has 2 rings (SSSR count). The molecule has 2 heterocycles. The number of nitrogens with two attached hydrogens (primary N) is 1. The Morgan fingerprint density at radius 3 is 3.08 bits per heavy atom. The molecule has 0 saturated carbocycles. The molecule has 1 aromatic rings. The van der Waals surface area contributed by atoms with E-state index >= 15 is 0 Å². The number of nitrogens with zero attached hydrogens (tertiary/aromatic N) is 1. The highest BCUT2D eigenvalue weighted by molar-refractivity contribution is 7.10. The summed E-state index contributed by atoms with van der Waals surface area (Å²) in [6.45, 7) is 2.88. The first-order valence-electron chi connectivity index (χ1n) is 3.88. The topological polar surface area (TPSA) is 50.4 Å². The third-order valence-electron chi connectivity index (χ3n) is 1.98. The molecule has 0 bridgehead atoms. The van der Waals surface area contributed by atoms with Crippen LogP contribution in [0.3, 0.4) is 0 Å². The van der Waals surface area contributed by atoms with Gasteiger partial charge >= 0.3 is 0 Å². The smallest absolute Gasteiger partial charge is 0.189 e. The van der Waals surface area contributed by atoms with Gasteiger partial charge in [0, 0.05) is 4.88 Å². The minimum atomic E-state index is 0.310. The predicted molar refractivity (Wildman–Crippen MR) is 51.4 cm³/mol. The van der Waals surface area contributed by atoms with Gasteiger partial charge in [-0.25, -0.2) is 0 Å². The summed E-state index contributed by atoms with van der Waals surface area (Å²) in [7, 11) is 0. The molecule has 0 radical (unpaired) electrons. The van der Waals surface area contributed by atoms with Crippen LogP contribution in [0.15, 0.2) is 16.4 Å². The van der Waals surface area contributed by atoms with Gasteiger partial charge in [-0.3, -0.25) is 4.99 Å². The van der Waals surface area contributed by atoms with Crippen molar-refractivity contribution in [3.63, 3.8) is 0 Å². The number of guanidine groups is 1. The quantitative estimate of drug-likeness (QED) is 0.679. The van der Waals surface area contributed by atoms with Gasteiger partial charge in [0.05, 0.1) is 12.6 Å². The lowest BCUT2D eigenvalue weighted by Crippen LogP contribution is -2.29.